The maximum Gasteiger partial charge on any atom is 0.0595 e. The van der Waals surface area contributed by atoms with Crippen LogP contribution in [-0.4, -0.2) is 4.98 Å². The monoisotopic (exact) mass is 204 g/mol. The number of nitrogen functional groups attached to an aromatic ring is 1. The molecule has 1 aromatic heterocycles. The summed E-state index contributed by atoms with van der Waals surface area (Å²) in [5.41, 5.74) is 8.42. The quantitative estimate of drug-likeness (QED) is 0.726. The topological polar surface area (TPSA) is 38.9 Å². The molecule has 0 bridgehead atoms. The highest BCUT2D eigenvalue weighted by atomic mass is 35.5. The lowest BCUT2D eigenvalue weighted by Gasteiger charge is -2.02. The van der Waals surface area contributed by atoms with Gasteiger partial charge in [-0.05, 0) is 23.8 Å². The van der Waals surface area contributed by atoms with E-state index in [-0.39, 0.29) is 0 Å². The lowest BCUT2D eigenvalue weighted by atomic mass is 10.1. The highest BCUT2D eigenvalue weighted by molar-refractivity contribution is 6.30. The van der Waals surface area contributed by atoms with Crippen LogP contribution in [0, 0.1) is 0 Å². The molecule has 0 aliphatic heterocycles. The van der Waals surface area contributed by atoms with E-state index in [4.69, 9.17) is 17.3 Å². The molecule has 2 N–H and O–H groups in total. The number of rotatable bonds is 1. The van der Waals surface area contributed by atoms with Gasteiger partial charge in [-0.15, -0.1) is 0 Å². The van der Waals surface area contributed by atoms with Crippen molar-refractivity contribution in [3.05, 3.63) is 47.7 Å². The SMILES string of the molecule is Nc1cccc(-c2cncc(Cl)c2)c1. The van der Waals surface area contributed by atoms with Crippen molar-refractivity contribution in [3.8, 4) is 11.1 Å². The van der Waals surface area contributed by atoms with E-state index in [0.29, 0.717) is 5.02 Å². The van der Waals surface area contributed by atoms with Gasteiger partial charge in [0.05, 0.1) is 5.02 Å². The van der Waals surface area contributed by atoms with Crippen LogP contribution in [0.3, 0.4) is 0 Å². The van der Waals surface area contributed by atoms with Crippen molar-refractivity contribution >= 4 is 17.3 Å². The Hall–Kier alpha value is -1.54. The Morgan fingerprint density at radius 2 is 1.93 bits per heavy atom. The first-order valence-corrected chi connectivity index (χ1v) is 4.60. The molecule has 0 spiro atoms. The summed E-state index contributed by atoms with van der Waals surface area (Å²) in [6, 6.07) is 9.49. The number of anilines is 1. The molecule has 0 aliphatic rings. The minimum absolute atomic E-state index is 0.630. The van der Waals surface area contributed by atoms with Gasteiger partial charge in [-0.2, -0.15) is 0 Å². The fraction of sp³-hybridized carbons (Fsp3) is 0. The van der Waals surface area contributed by atoms with Crippen molar-refractivity contribution in [1.82, 2.24) is 4.98 Å². The molecule has 0 fully saturated rings. The zero-order chi connectivity index (χ0) is 9.97. The van der Waals surface area contributed by atoms with E-state index in [1.165, 1.54) is 0 Å². The molecule has 1 aromatic carbocycles. The maximum absolute atomic E-state index is 5.84. The van der Waals surface area contributed by atoms with Gasteiger partial charge in [0.2, 0.25) is 0 Å². The average Bonchev–Trinajstić information content (AvgIpc) is 2.18. The van der Waals surface area contributed by atoms with Crippen LogP contribution >= 0.6 is 11.6 Å². The van der Waals surface area contributed by atoms with E-state index < -0.39 is 0 Å². The minimum atomic E-state index is 0.630. The van der Waals surface area contributed by atoms with Crippen LogP contribution < -0.4 is 5.73 Å². The van der Waals surface area contributed by atoms with Gasteiger partial charge < -0.3 is 5.73 Å². The van der Waals surface area contributed by atoms with Crippen LogP contribution in [0.1, 0.15) is 0 Å². The van der Waals surface area contributed by atoms with Crippen molar-refractivity contribution in [2.24, 2.45) is 0 Å². The highest BCUT2D eigenvalue weighted by Gasteiger charge is 1.98. The summed E-state index contributed by atoms with van der Waals surface area (Å²) in [6.45, 7) is 0. The third-order valence-corrected chi connectivity index (χ3v) is 2.13. The molecule has 0 amide bonds. The van der Waals surface area contributed by atoms with Gasteiger partial charge >= 0.3 is 0 Å². The second-order valence-corrected chi connectivity index (χ2v) is 3.45. The second-order valence-electron chi connectivity index (χ2n) is 3.02. The molecular formula is C11H9ClN2. The fourth-order valence-corrected chi connectivity index (χ4v) is 1.46. The Kier molecular flexibility index (Phi) is 2.37. The number of pyridine rings is 1. The normalized spacial score (nSPS) is 10.1. The minimum Gasteiger partial charge on any atom is -0.399 e. The van der Waals surface area contributed by atoms with E-state index in [1.54, 1.807) is 12.4 Å². The molecule has 0 radical (unpaired) electrons. The van der Waals surface area contributed by atoms with Crippen molar-refractivity contribution in [2.45, 2.75) is 0 Å². The Balaban J connectivity index is 2.49. The molecule has 2 nitrogen and oxygen atoms in total. The smallest absolute Gasteiger partial charge is 0.0595 e. The number of halogens is 1. The molecular weight excluding hydrogens is 196 g/mol. The van der Waals surface area contributed by atoms with Crippen molar-refractivity contribution in [2.75, 3.05) is 5.73 Å². The van der Waals surface area contributed by atoms with Gasteiger partial charge in [-0.25, -0.2) is 0 Å². The summed E-state index contributed by atoms with van der Waals surface area (Å²) < 4.78 is 0. The van der Waals surface area contributed by atoms with E-state index >= 15 is 0 Å². The Morgan fingerprint density at radius 1 is 1.07 bits per heavy atom. The maximum atomic E-state index is 5.84. The highest BCUT2D eigenvalue weighted by Crippen LogP contribution is 2.22. The molecule has 2 aromatic rings. The summed E-state index contributed by atoms with van der Waals surface area (Å²) in [4.78, 5) is 4.02. The fourth-order valence-electron chi connectivity index (χ4n) is 1.29. The number of hydrogen-bond acceptors (Lipinski definition) is 2. The lowest BCUT2D eigenvalue weighted by molar-refractivity contribution is 1.33. The molecule has 14 heavy (non-hydrogen) atoms. The van der Waals surface area contributed by atoms with E-state index in [1.807, 2.05) is 30.3 Å². The van der Waals surface area contributed by atoms with Crippen molar-refractivity contribution in [1.29, 1.82) is 0 Å². The Morgan fingerprint density at radius 3 is 2.64 bits per heavy atom. The molecule has 0 aliphatic carbocycles. The first-order valence-electron chi connectivity index (χ1n) is 4.22. The molecule has 0 saturated heterocycles. The van der Waals surface area contributed by atoms with Crippen LogP contribution in [0.15, 0.2) is 42.7 Å². The zero-order valence-electron chi connectivity index (χ0n) is 7.44. The molecule has 0 unspecified atom stereocenters. The van der Waals surface area contributed by atoms with Gasteiger partial charge in [0.15, 0.2) is 0 Å². The predicted molar refractivity (Wildman–Crippen MR) is 59.1 cm³/mol. The average molecular weight is 205 g/mol. The Bertz CT molecular complexity index is 411. The summed E-state index contributed by atoms with van der Waals surface area (Å²) in [7, 11) is 0. The molecule has 70 valence electrons. The third-order valence-electron chi connectivity index (χ3n) is 1.92. The molecule has 0 saturated carbocycles. The van der Waals surface area contributed by atoms with Crippen LogP contribution in [0.5, 0.6) is 0 Å². The zero-order valence-corrected chi connectivity index (χ0v) is 8.20. The van der Waals surface area contributed by atoms with Crippen LogP contribution in [0.2, 0.25) is 5.02 Å². The van der Waals surface area contributed by atoms with Crippen molar-refractivity contribution < 1.29 is 0 Å². The van der Waals surface area contributed by atoms with Gasteiger partial charge in [-0.3, -0.25) is 4.98 Å². The van der Waals surface area contributed by atoms with Gasteiger partial charge in [0, 0.05) is 23.6 Å². The summed E-state index contributed by atoms with van der Waals surface area (Å²) in [6.07, 6.45) is 3.37. The third kappa shape index (κ3) is 1.86. The van der Waals surface area contributed by atoms with Gasteiger partial charge in [-0.1, -0.05) is 23.7 Å². The van der Waals surface area contributed by atoms with Crippen LogP contribution in [0.4, 0.5) is 5.69 Å². The number of benzene rings is 1. The lowest BCUT2D eigenvalue weighted by Crippen LogP contribution is -1.85. The van der Waals surface area contributed by atoms with Crippen LogP contribution in [-0.2, 0) is 0 Å². The number of nitrogens with zero attached hydrogens (tertiary/aromatic N) is 1. The standard InChI is InChI=1S/C11H9ClN2/c12-10-4-9(6-14-7-10)8-2-1-3-11(13)5-8/h1-7H,13H2. The van der Waals surface area contributed by atoms with Crippen molar-refractivity contribution in [3.63, 3.8) is 0 Å². The summed E-state index contributed by atoms with van der Waals surface area (Å²) in [5, 5.41) is 0.630. The summed E-state index contributed by atoms with van der Waals surface area (Å²) >= 11 is 5.84. The Labute approximate surface area is 87.4 Å². The molecule has 2 rings (SSSR count). The second kappa shape index (κ2) is 3.68. The largest absolute Gasteiger partial charge is 0.399 e. The van der Waals surface area contributed by atoms with Crippen LogP contribution in [0.25, 0.3) is 11.1 Å². The number of nitrogens with two attached hydrogens (primary N) is 1. The molecule has 0 atom stereocenters. The predicted octanol–water partition coefficient (Wildman–Crippen LogP) is 2.98. The summed E-state index contributed by atoms with van der Waals surface area (Å²) in [5.74, 6) is 0. The number of hydrogen-bond donors (Lipinski definition) is 1. The molecule has 1 heterocycles. The molecule has 3 heteroatoms. The van der Waals surface area contributed by atoms with Gasteiger partial charge in [0.1, 0.15) is 0 Å². The number of aromatic nitrogens is 1. The van der Waals surface area contributed by atoms with E-state index in [2.05, 4.69) is 4.98 Å². The first kappa shape index (κ1) is 9.03. The van der Waals surface area contributed by atoms with E-state index in [9.17, 15) is 0 Å². The van der Waals surface area contributed by atoms with E-state index in [0.717, 1.165) is 16.8 Å². The first-order chi connectivity index (χ1) is 6.75. The van der Waals surface area contributed by atoms with Gasteiger partial charge in [0.25, 0.3) is 0 Å².